The van der Waals surface area contributed by atoms with Gasteiger partial charge in [0, 0.05) is 34.5 Å². The molecule has 0 bridgehead atoms. The third-order valence-corrected chi connectivity index (χ3v) is 7.50. The van der Waals surface area contributed by atoms with Gasteiger partial charge in [0.1, 0.15) is 17.3 Å². The van der Waals surface area contributed by atoms with Gasteiger partial charge in [0.05, 0.1) is 9.92 Å². The van der Waals surface area contributed by atoms with Gasteiger partial charge in [0.25, 0.3) is 10.0 Å². The number of benzene rings is 2. The number of hydrogen-bond donors (Lipinski definition) is 0. The largest absolute Gasteiger partial charge is 0.461 e. The van der Waals surface area contributed by atoms with Crippen molar-refractivity contribution in [1.82, 2.24) is 8.96 Å². The number of halogens is 2. The van der Waals surface area contributed by atoms with Crippen molar-refractivity contribution in [1.29, 1.82) is 0 Å². The minimum Gasteiger partial charge on any atom is -0.461 e. The lowest BCUT2D eigenvalue weighted by atomic mass is 10.0. The van der Waals surface area contributed by atoms with Crippen molar-refractivity contribution >= 4 is 32.7 Å². The van der Waals surface area contributed by atoms with Crippen LogP contribution < -0.4 is 0 Å². The van der Waals surface area contributed by atoms with Crippen LogP contribution in [-0.2, 0) is 10.0 Å². The summed E-state index contributed by atoms with van der Waals surface area (Å²) in [5.41, 5.74) is 2.62. The molecule has 0 amide bonds. The average Bonchev–Trinajstić information content (AvgIpc) is 3.40. The molecule has 0 spiro atoms. The lowest BCUT2D eigenvalue weighted by Crippen LogP contribution is -2.12. The zero-order valence-electron chi connectivity index (χ0n) is 17.7. The molecule has 2 aromatic carbocycles. The number of fused-ring (bicyclic) bond motifs is 1. The summed E-state index contributed by atoms with van der Waals surface area (Å²) in [7, 11) is -3.97. The molecule has 5 rings (SSSR count). The summed E-state index contributed by atoms with van der Waals surface area (Å²) < 4.78 is 48.1. The Morgan fingerprint density at radius 3 is 2.45 bits per heavy atom. The number of hydrogen-bond acceptors (Lipinski definition) is 4. The number of aromatic nitrogens is 2. The van der Waals surface area contributed by atoms with Crippen molar-refractivity contribution in [2.75, 3.05) is 0 Å². The Bertz CT molecular complexity index is 1620. The summed E-state index contributed by atoms with van der Waals surface area (Å²) >= 11 is 6.27. The highest BCUT2D eigenvalue weighted by atomic mass is 35.5. The minimum absolute atomic E-state index is 0.0940. The van der Waals surface area contributed by atoms with E-state index in [1.54, 1.807) is 42.6 Å². The summed E-state index contributed by atoms with van der Waals surface area (Å²) in [6, 6.07) is 16.4. The highest BCUT2D eigenvalue weighted by molar-refractivity contribution is 7.90. The fraction of sp³-hybridized carbons (Fsp3) is 0.0800. The molecule has 0 aliphatic heterocycles. The molecule has 0 unspecified atom stereocenters. The number of pyridine rings is 1. The van der Waals surface area contributed by atoms with Gasteiger partial charge < -0.3 is 4.42 Å². The van der Waals surface area contributed by atoms with Crippen LogP contribution in [0.25, 0.3) is 33.5 Å². The molecule has 33 heavy (non-hydrogen) atoms. The number of furan rings is 1. The molecule has 8 heteroatoms. The summed E-state index contributed by atoms with van der Waals surface area (Å²) in [6.07, 6.45) is 2.99. The van der Waals surface area contributed by atoms with Gasteiger partial charge in [0.2, 0.25) is 0 Å². The summed E-state index contributed by atoms with van der Waals surface area (Å²) in [6.45, 7) is 3.71. The Hall–Kier alpha value is -3.42. The van der Waals surface area contributed by atoms with E-state index in [1.165, 1.54) is 18.3 Å². The first-order valence-electron chi connectivity index (χ1n) is 10.1. The SMILES string of the molecule is Cc1ccc(S(=O)(=O)n2cc(-c3cccc(F)c3Cl)c3cc(-c4ccc(C)o4)cnc32)cc1. The van der Waals surface area contributed by atoms with Crippen LogP contribution >= 0.6 is 11.6 Å². The molecule has 0 aliphatic rings. The first-order valence-corrected chi connectivity index (χ1v) is 11.9. The maximum absolute atomic E-state index is 14.3. The van der Waals surface area contributed by atoms with Crippen molar-refractivity contribution in [3.8, 4) is 22.5 Å². The molecule has 0 saturated carbocycles. The van der Waals surface area contributed by atoms with E-state index < -0.39 is 15.8 Å². The highest BCUT2D eigenvalue weighted by Gasteiger charge is 2.24. The predicted molar refractivity (Wildman–Crippen MR) is 126 cm³/mol. The molecule has 0 N–H and O–H groups in total. The maximum atomic E-state index is 14.3. The molecule has 5 aromatic rings. The Balaban J connectivity index is 1.81. The number of aryl methyl sites for hydroxylation is 2. The first kappa shape index (κ1) is 21.4. The zero-order valence-corrected chi connectivity index (χ0v) is 19.3. The van der Waals surface area contributed by atoms with E-state index in [0.29, 0.717) is 27.8 Å². The second-order valence-corrected chi connectivity index (χ2v) is 9.96. The van der Waals surface area contributed by atoms with Crippen LogP contribution in [-0.4, -0.2) is 17.4 Å². The van der Waals surface area contributed by atoms with Crippen LogP contribution in [0.15, 0.2) is 82.4 Å². The average molecular weight is 481 g/mol. The van der Waals surface area contributed by atoms with Crippen molar-refractivity contribution in [2.24, 2.45) is 0 Å². The fourth-order valence-electron chi connectivity index (χ4n) is 3.74. The maximum Gasteiger partial charge on any atom is 0.269 e. The van der Waals surface area contributed by atoms with Crippen LogP contribution in [0.1, 0.15) is 11.3 Å². The molecule has 166 valence electrons. The van der Waals surface area contributed by atoms with Crippen LogP contribution in [0.4, 0.5) is 4.39 Å². The molecule has 3 aromatic heterocycles. The summed E-state index contributed by atoms with van der Waals surface area (Å²) in [4.78, 5) is 4.58. The van der Waals surface area contributed by atoms with E-state index in [0.717, 1.165) is 15.3 Å². The quantitative estimate of drug-likeness (QED) is 0.290. The van der Waals surface area contributed by atoms with Gasteiger partial charge >= 0.3 is 0 Å². The van der Waals surface area contributed by atoms with Crippen molar-refractivity contribution in [2.45, 2.75) is 18.7 Å². The van der Waals surface area contributed by atoms with Gasteiger partial charge in [-0.2, -0.15) is 0 Å². The fourth-order valence-corrected chi connectivity index (χ4v) is 5.29. The predicted octanol–water partition coefficient (Wildman–Crippen LogP) is 6.61. The molecule has 0 aliphatic carbocycles. The Morgan fingerprint density at radius 2 is 1.76 bits per heavy atom. The molecule has 0 saturated heterocycles. The van der Waals surface area contributed by atoms with Crippen LogP contribution in [0, 0.1) is 19.7 Å². The van der Waals surface area contributed by atoms with Crippen molar-refractivity contribution in [3.05, 3.63) is 95.2 Å². The topological polar surface area (TPSA) is 65.1 Å². The van der Waals surface area contributed by atoms with E-state index in [-0.39, 0.29) is 15.6 Å². The number of nitrogens with zero attached hydrogens (tertiary/aromatic N) is 2. The summed E-state index contributed by atoms with van der Waals surface area (Å²) in [5, 5.41) is 0.410. The van der Waals surface area contributed by atoms with Crippen LogP contribution in [0.2, 0.25) is 5.02 Å². The molecule has 0 fully saturated rings. The summed E-state index contributed by atoms with van der Waals surface area (Å²) in [5.74, 6) is 0.729. The monoisotopic (exact) mass is 480 g/mol. The molecular weight excluding hydrogens is 463 g/mol. The van der Waals surface area contributed by atoms with Gasteiger partial charge in [-0.1, -0.05) is 41.4 Å². The molecule has 0 atom stereocenters. The van der Waals surface area contributed by atoms with E-state index in [2.05, 4.69) is 4.98 Å². The van der Waals surface area contributed by atoms with Crippen LogP contribution in [0.5, 0.6) is 0 Å². The Kier molecular flexibility index (Phi) is 5.11. The van der Waals surface area contributed by atoms with E-state index in [1.807, 2.05) is 26.0 Å². The van der Waals surface area contributed by atoms with Gasteiger partial charge in [-0.05, 0) is 50.2 Å². The minimum atomic E-state index is -3.97. The Morgan fingerprint density at radius 1 is 1.00 bits per heavy atom. The first-order chi connectivity index (χ1) is 15.8. The highest BCUT2D eigenvalue weighted by Crippen LogP contribution is 2.38. The zero-order chi connectivity index (χ0) is 23.3. The Labute approximate surface area is 195 Å². The van der Waals surface area contributed by atoms with Gasteiger partial charge in [-0.3, -0.25) is 0 Å². The van der Waals surface area contributed by atoms with Crippen molar-refractivity contribution in [3.63, 3.8) is 0 Å². The van der Waals surface area contributed by atoms with Gasteiger partial charge in [0.15, 0.2) is 5.65 Å². The third-order valence-electron chi connectivity index (χ3n) is 5.46. The van der Waals surface area contributed by atoms with Gasteiger partial charge in [-0.15, -0.1) is 0 Å². The van der Waals surface area contributed by atoms with E-state index in [9.17, 15) is 12.8 Å². The second-order valence-electron chi connectivity index (χ2n) is 7.76. The molecule has 5 nitrogen and oxygen atoms in total. The van der Waals surface area contributed by atoms with E-state index >= 15 is 0 Å². The standard InChI is InChI=1S/C25H18ClFN2O3S/c1-15-6-9-18(10-7-15)33(30,31)29-14-21(19-4-3-5-22(27)24(19)26)20-12-17(13-28-25(20)29)23-11-8-16(2)32-23/h3-14H,1-2H3. The normalized spacial score (nSPS) is 11.9. The van der Waals surface area contributed by atoms with E-state index in [4.69, 9.17) is 16.0 Å². The molecule has 0 radical (unpaired) electrons. The second kappa shape index (κ2) is 7.86. The smallest absolute Gasteiger partial charge is 0.269 e. The third kappa shape index (κ3) is 3.63. The molecule has 3 heterocycles. The van der Waals surface area contributed by atoms with Crippen LogP contribution in [0.3, 0.4) is 0 Å². The van der Waals surface area contributed by atoms with Gasteiger partial charge in [-0.25, -0.2) is 21.8 Å². The van der Waals surface area contributed by atoms with Crippen molar-refractivity contribution < 1.29 is 17.2 Å². The lowest BCUT2D eigenvalue weighted by Gasteiger charge is -2.07. The molecular formula is C25H18ClFN2O3S. The lowest BCUT2D eigenvalue weighted by molar-refractivity contribution is 0.548. The number of rotatable bonds is 4.